The predicted octanol–water partition coefficient (Wildman–Crippen LogP) is -1.32. The minimum Gasteiger partial charge on any atom is -0.391 e. The van der Waals surface area contributed by atoms with Crippen molar-refractivity contribution < 1.29 is 5.11 Å². The molecule has 1 saturated heterocycles. The number of aliphatic hydroxyl groups excluding tert-OH is 1. The summed E-state index contributed by atoms with van der Waals surface area (Å²) in [5.41, 5.74) is 5.43. The van der Waals surface area contributed by atoms with Crippen LogP contribution in [0.2, 0.25) is 0 Å². The molecule has 1 aliphatic heterocycles. The van der Waals surface area contributed by atoms with Crippen LogP contribution in [-0.4, -0.2) is 30.3 Å². The van der Waals surface area contributed by atoms with Gasteiger partial charge in [-0.1, -0.05) is 0 Å². The molecular weight excluding hydrogens is 104 g/mol. The molecule has 1 aliphatic rings. The highest BCUT2D eigenvalue weighted by atomic mass is 16.3. The molecule has 2 atom stereocenters. The quantitative estimate of drug-likeness (QED) is 0.411. The zero-order valence-corrected chi connectivity index (χ0v) is 4.75. The van der Waals surface area contributed by atoms with Crippen LogP contribution in [0.5, 0.6) is 0 Å². The Labute approximate surface area is 48.9 Å². The molecule has 0 aromatic rings. The summed E-state index contributed by atoms with van der Waals surface area (Å²) in [6.07, 6.45) is 0.425. The van der Waals surface area contributed by atoms with Crippen molar-refractivity contribution >= 4 is 0 Å². The summed E-state index contributed by atoms with van der Waals surface area (Å²) in [4.78, 5) is 0. The fraction of sp³-hybridized carbons (Fsp3) is 1.00. The topological polar surface area (TPSA) is 60.4 Å². The van der Waals surface area contributed by atoms with Crippen LogP contribution in [0.4, 0.5) is 0 Å². The molecule has 0 bridgehead atoms. The van der Waals surface area contributed by atoms with Gasteiger partial charge in [-0.05, 0) is 6.42 Å². The summed E-state index contributed by atoms with van der Waals surface area (Å²) in [5, 5.41) is 13.0. The third kappa shape index (κ3) is 1.18. The van der Waals surface area contributed by atoms with Crippen molar-refractivity contribution in [3.8, 4) is 0 Å². The van der Waals surface area contributed by atoms with E-state index < -0.39 is 0 Å². The van der Waals surface area contributed by atoms with Gasteiger partial charge < -0.3 is 10.8 Å². The minimum atomic E-state index is -0.313. The van der Waals surface area contributed by atoms with Crippen molar-refractivity contribution in [1.29, 1.82) is 0 Å². The van der Waals surface area contributed by atoms with Gasteiger partial charge in [0.15, 0.2) is 0 Å². The monoisotopic (exact) mass is 115 g/mol. The van der Waals surface area contributed by atoms with Gasteiger partial charge in [0.05, 0.1) is 6.10 Å². The van der Waals surface area contributed by atoms with Crippen LogP contribution >= 0.6 is 0 Å². The van der Waals surface area contributed by atoms with E-state index in [4.69, 9.17) is 10.8 Å². The first-order chi connectivity index (χ1) is 3.80. The van der Waals surface area contributed by atoms with Crippen molar-refractivity contribution in [1.82, 2.24) is 5.32 Å². The lowest BCUT2D eigenvalue weighted by atomic mass is 10.1. The van der Waals surface area contributed by atoms with E-state index in [-0.39, 0.29) is 12.1 Å². The summed E-state index contributed by atoms with van der Waals surface area (Å²) < 4.78 is 0. The average molecular weight is 115 g/mol. The van der Waals surface area contributed by atoms with E-state index in [9.17, 15) is 0 Å². The van der Waals surface area contributed by atoms with Gasteiger partial charge in [-0.25, -0.2) is 5.32 Å². The van der Waals surface area contributed by atoms with E-state index in [1.54, 1.807) is 0 Å². The van der Waals surface area contributed by atoms with E-state index in [1.807, 2.05) is 0 Å². The number of hydrogen-bond donors (Lipinski definition) is 2. The van der Waals surface area contributed by atoms with Crippen molar-refractivity contribution in [3.63, 3.8) is 0 Å². The highest BCUT2D eigenvalue weighted by molar-refractivity contribution is 4.78. The minimum absolute atomic E-state index is 0.108. The number of nitrogens with two attached hydrogens (primary N) is 1. The molecule has 0 spiro atoms. The Hall–Kier alpha value is -0.120. The van der Waals surface area contributed by atoms with Gasteiger partial charge in [-0.2, -0.15) is 0 Å². The summed E-state index contributed by atoms with van der Waals surface area (Å²) >= 11 is 0. The lowest BCUT2D eigenvalue weighted by molar-refractivity contribution is 0.115. The summed E-state index contributed by atoms with van der Waals surface area (Å²) in [7, 11) is 0. The molecular formula is C5H11N2O. The Balaban J connectivity index is 2.28. The Morgan fingerprint density at radius 3 is 2.75 bits per heavy atom. The van der Waals surface area contributed by atoms with Gasteiger partial charge in [0.25, 0.3) is 0 Å². The molecule has 0 aliphatic carbocycles. The first kappa shape index (κ1) is 6.01. The fourth-order valence-corrected chi connectivity index (χ4v) is 0.800. The van der Waals surface area contributed by atoms with Crippen LogP contribution in [0, 0.1) is 0 Å². The van der Waals surface area contributed by atoms with E-state index in [2.05, 4.69) is 5.32 Å². The number of nitrogens with zero attached hydrogens (tertiary/aromatic N) is 1. The highest BCUT2D eigenvalue weighted by Crippen LogP contribution is 2.00. The molecule has 3 heteroatoms. The van der Waals surface area contributed by atoms with Gasteiger partial charge in [-0.3, -0.25) is 0 Å². The van der Waals surface area contributed by atoms with Gasteiger partial charge >= 0.3 is 0 Å². The van der Waals surface area contributed by atoms with Crippen LogP contribution in [0.15, 0.2) is 0 Å². The molecule has 8 heavy (non-hydrogen) atoms. The Morgan fingerprint density at radius 2 is 2.38 bits per heavy atom. The van der Waals surface area contributed by atoms with E-state index in [1.165, 1.54) is 0 Å². The molecule has 1 radical (unpaired) electrons. The third-order valence-electron chi connectivity index (χ3n) is 1.42. The molecule has 1 fully saturated rings. The van der Waals surface area contributed by atoms with Crippen LogP contribution in [0.3, 0.4) is 0 Å². The second-order valence-electron chi connectivity index (χ2n) is 2.15. The van der Waals surface area contributed by atoms with Gasteiger partial charge in [0, 0.05) is 19.1 Å². The lowest BCUT2D eigenvalue weighted by Gasteiger charge is -2.23. The zero-order valence-electron chi connectivity index (χ0n) is 4.75. The largest absolute Gasteiger partial charge is 0.391 e. The first-order valence-electron chi connectivity index (χ1n) is 2.87. The van der Waals surface area contributed by atoms with Crippen LogP contribution in [0.1, 0.15) is 6.42 Å². The normalized spacial score (nSPS) is 39.8. The van der Waals surface area contributed by atoms with Crippen molar-refractivity contribution in [2.75, 3.05) is 13.1 Å². The molecule has 0 amide bonds. The Morgan fingerprint density at radius 1 is 1.62 bits per heavy atom. The average Bonchev–Trinajstić information content (AvgIpc) is 1.77. The molecule has 0 saturated carbocycles. The zero-order chi connectivity index (χ0) is 5.98. The Kier molecular flexibility index (Phi) is 1.83. The summed E-state index contributed by atoms with van der Waals surface area (Å²) in [6.45, 7) is 1.40. The van der Waals surface area contributed by atoms with Gasteiger partial charge in [0.1, 0.15) is 0 Å². The SMILES string of the molecule is NC1C[N]CCC1O. The smallest absolute Gasteiger partial charge is 0.0716 e. The van der Waals surface area contributed by atoms with Gasteiger partial charge in [0.2, 0.25) is 0 Å². The maximum atomic E-state index is 8.99. The number of piperidine rings is 1. The van der Waals surface area contributed by atoms with Crippen molar-refractivity contribution in [2.45, 2.75) is 18.6 Å². The highest BCUT2D eigenvalue weighted by Gasteiger charge is 2.18. The first-order valence-corrected chi connectivity index (χ1v) is 2.87. The standard InChI is InChI=1S/C5H11N2O/c6-4-3-7-2-1-5(4)8/h4-5,8H,1-3,6H2. The predicted molar refractivity (Wildman–Crippen MR) is 30.5 cm³/mol. The molecule has 0 aromatic carbocycles. The van der Waals surface area contributed by atoms with Gasteiger partial charge in [-0.15, -0.1) is 0 Å². The van der Waals surface area contributed by atoms with E-state index >= 15 is 0 Å². The molecule has 2 unspecified atom stereocenters. The molecule has 3 nitrogen and oxygen atoms in total. The lowest BCUT2D eigenvalue weighted by Crippen LogP contribution is -2.46. The van der Waals surface area contributed by atoms with Crippen LogP contribution in [-0.2, 0) is 0 Å². The van der Waals surface area contributed by atoms with Crippen LogP contribution in [0.25, 0.3) is 0 Å². The molecule has 3 N–H and O–H groups in total. The molecule has 47 valence electrons. The summed E-state index contributed by atoms with van der Waals surface area (Å²) in [6, 6.07) is -0.108. The second kappa shape index (κ2) is 2.44. The number of rotatable bonds is 0. The van der Waals surface area contributed by atoms with Crippen molar-refractivity contribution in [2.24, 2.45) is 5.73 Å². The maximum absolute atomic E-state index is 8.99. The third-order valence-corrected chi connectivity index (χ3v) is 1.42. The maximum Gasteiger partial charge on any atom is 0.0716 e. The van der Waals surface area contributed by atoms with Crippen LogP contribution < -0.4 is 11.1 Å². The molecule has 0 aromatic heterocycles. The molecule has 1 heterocycles. The van der Waals surface area contributed by atoms with E-state index in [0.717, 1.165) is 13.0 Å². The number of aliphatic hydroxyl groups is 1. The Bertz CT molecular complexity index is 66.8. The van der Waals surface area contributed by atoms with E-state index in [0.29, 0.717) is 6.54 Å². The summed E-state index contributed by atoms with van der Waals surface area (Å²) in [5.74, 6) is 0. The van der Waals surface area contributed by atoms with Crippen molar-refractivity contribution in [3.05, 3.63) is 0 Å². The fourth-order valence-electron chi connectivity index (χ4n) is 0.800. The number of hydrogen-bond acceptors (Lipinski definition) is 2. The molecule has 1 rings (SSSR count). The second-order valence-corrected chi connectivity index (χ2v) is 2.15.